The van der Waals surface area contributed by atoms with Crippen LogP contribution < -0.4 is 4.74 Å². The molecule has 0 saturated heterocycles. The van der Waals surface area contributed by atoms with E-state index in [-0.39, 0.29) is 0 Å². The molecular weight excluding hydrogens is 653 g/mol. The summed E-state index contributed by atoms with van der Waals surface area (Å²) in [6.45, 7) is 0. The van der Waals surface area contributed by atoms with Crippen LogP contribution in [0.1, 0.15) is 22.3 Å². The average Bonchev–Trinajstić information content (AvgIpc) is 3.52. The van der Waals surface area contributed by atoms with Gasteiger partial charge in [0.15, 0.2) is 0 Å². The summed E-state index contributed by atoms with van der Waals surface area (Å²) >= 11 is 0. The molecule has 1 heteroatoms. The molecule has 0 unspecified atom stereocenters. The molecule has 0 atom stereocenters. The molecule has 0 aromatic heterocycles. The highest BCUT2D eigenvalue weighted by Crippen LogP contribution is 2.64. The molecule has 1 heterocycles. The Bertz CT molecular complexity index is 2990. The van der Waals surface area contributed by atoms with Crippen molar-refractivity contribution in [3.8, 4) is 44.9 Å². The van der Waals surface area contributed by atoms with Crippen molar-refractivity contribution in [1.29, 1.82) is 0 Å². The molecule has 2 aliphatic rings. The van der Waals surface area contributed by atoms with E-state index in [1.54, 1.807) is 0 Å². The first-order valence-electron chi connectivity index (χ1n) is 18.7. The molecule has 1 aliphatic heterocycles. The van der Waals surface area contributed by atoms with Crippen molar-refractivity contribution in [2.75, 3.05) is 0 Å². The second kappa shape index (κ2) is 11.0. The number of rotatable bonds is 2. The average molecular weight is 685 g/mol. The molecule has 0 bridgehead atoms. The predicted molar refractivity (Wildman–Crippen MR) is 225 cm³/mol. The van der Waals surface area contributed by atoms with Gasteiger partial charge in [-0.1, -0.05) is 170 Å². The summed E-state index contributed by atoms with van der Waals surface area (Å²) in [6, 6.07) is 71.7. The maximum atomic E-state index is 7.25. The van der Waals surface area contributed by atoms with E-state index in [9.17, 15) is 0 Å². The summed E-state index contributed by atoms with van der Waals surface area (Å²) < 4.78 is 7.25. The fourth-order valence-electron chi connectivity index (χ4n) is 9.54. The lowest BCUT2D eigenvalue weighted by atomic mass is 9.65. The van der Waals surface area contributed by atoms with Crippen molar-refractivity contribution >= 4 is 43.1 Å². The van der Waals surface area contributed by atoms with Crippen molar-refractivity contribution in [3.63, 3.8) is 0 Å². The Morgan fingerprint density at radius 1 is 0.278 bits per heavy atom. The number of fused-ring (bicyclic) bond motifs is 15. The largest absolute Gasteiger partial charge is 0.455 e. The molecule has 10 aromatic carbocycles. The second-order valence-electron chi connectivity index (χ2n) is 14.8. The number of hydrogen-bond acceptors (Lipinski definition) is 1. The zero-order chi connectivity index (χ0) is 35.4. The van der Waals surface area contributed by atoms with Crippen LogP contribution in [0.5, 0.6) is 11.5 Å². The van der Waals surface area contributed by atoms with E-state index in [4.69, 9.17) is 4.74 Å². The minimum atomic E-state index is -0.638. The van der Waals surface area contributed by atoms with Gasteiger partial charge in [0.25, 0.3) is 0 Å². The highest BCUT2D eigenvalue weighted by molar-refractivity contribution is 6.01. The zero-order valence-electron chi connectivity index (χ0n) is 29.4. The van der Waals surface area contributed by atoms with Crippen molar-refractivity contribution in [2.45, 2.75) is 5.41 Å². The van der Waals surface area contributed by atoms with Gasteiger partial charge in [0.05, 0.1) is 5.41 Å². The Balaban J connectivity index is 1.21. The van der Waals surface area contributed by atoms with Gasteiger partial charge in [-0.3, -0.25) is 0 Å². The first-order valence-corrected chi connectivity index (χ1v) is 18.7. The van der Waals surface area contributed by atoms with Crippen molar-refractivity contribution in [2.24, 2.45) is 0 Å². The summed E-state index contributed by atoms with van der Waals surface area (Å²) in [5.41, 5.74) is 11.7. The van der Waals surface area contributed by atoms with Crippen LogP contribution in [0.4, 0.5) is 0 Å². The van der Waals surface area contributed by atoms with E-state index < -0.39 is 5.41 Å². The topological polar surface area (TPSA) is 9.23 Å². The third kappa shape index (κ3) is 4.04. The van der Waals surface area contributed by atoms with Gasteiger partial charge in [-0.25, -0.2) is 0 Å². The Morgan fingerprint density at radius 3 is 1.13 bits per heavy atom. The molecular formula is C53H32O. The van der Waals surface area contributed by atoms with Gasteiger partial charge in [0, 0.05) is 21.9 Å². The summed E-state index contributed by atoms with van der Waals surface area (Å²) in [5.74, 6) is 1.87. The number of ether oxygens (including phenoxy) is 1. The lowest BCUT2D eigenvalue weighted by Gasteiger charge is -2.40. The van der Waals surface area contributed by atoms with Gasteiger partial charge < -0.3 is 4.74 Å². The summed E-state index contributed by atoms with van der Waals surface area (Å²) in [6.07, 6.45) is 0. The van der Waals surface area contributed by atoms with Crippen LogP contribution in [0.25, 0.3) is 76.5 Å². The molecule has 250 valence electrons. The smallest absolute Gasteiger partial charge is 0.140 e. The van der Waals surface area contributed by atoms with Crippen LogP contribution in [0.15, 0.2) is 194 Å². The maximum absolute atomic E-state index is 7.25. The minimum absolute atomic E-state index is 0.638. The van der Waals surface area contributed by atoms with Crippen LogP contribution in [-0.4, -0.2) is 0 Å². The fraction of sp³-hybridized carbons (Fsp3) is 0.0189. The Morgan fingerprint density at radius 2 is 0.648 bits per heavy atom. The van der Waals surface area contributed by atoms with Gasteiger partial charge in [-0.05, 0) is 101 Å². The maximum Gasteiger partial charge on any atom is 0.140 e. The quantitative estimate of drug-likeness (QED) is 0.176. The minimum Gasteiger partial charge on any atom is -0.455 e. The van der Waals surface area contributed by atoms with Crippen molar-refractivity contribution in [3.05, 3.63) is 216 Å². The van der Waals surface area contributed by atoms with Crippen LogP contribution >= 0.6 is 0 Å². The highest BCUT2D eigenvalue weighted by atomic mass is 16.5. The highest BCUT2D eigenvalue weighted by Gasteiger charge is 2.52. The van der Waals surface area contributed by atoms with Crippen LogP contribution in [0.3, 0.4) is 0 Å². The Hall–Kier alpha value is -6.96. The number of hydrogen-bond donors (Lipinski definition) is 0. The molecule has 12 rings (SSSR count). The second-order valence-corrected chi connectivity index (χ2v) is 14.8. The molecule has 1 spiro atoms. The first kappa shape index (κ1) is 29.6. The fourth-order valence-corrected chi connectivity index (χ4v) is 9.54. The lowest BCUT2D eigenvalue weighted by Crippen LogP contribution is -2.32. The monoisotopic (exact) mass is 684 g/mol. The SMILES string of the molecule is c1ccc2cc(-c3ccc4c(c3)C3(c5cc(-c6ccc7ccccc7c6)ccc5-4)c4ccc5ccccc5c4Oc4c3ccc3ccccc43)ccc2c1. The van der Waals surface area contributed by atoms with Crippen LogP contribution in [0.2, 0.25) is 0 Å². The number of benzene rings is 10. The molecule has 0 saturated carbocycles. The summed E-state index contributed by atoms with van der Waals surface area (Å²) in [5, 5.41) is 9.57. The van der Waals surface area contributed by atoms with E-state index in [0.717, 1.165) is 22.3 Å². The van der Waals surface area contributed by atoms with Gasteiger partial charge >= 0.3 is 0 Å². The molecule has 0 N–H and O–H groups in total. The normalized spacial score (nSPS) is 13.5. The van der Waals surface area contributed by atoms with Gasteiger partial charge in [-0.2, -0.15) is 0 Å². The van der Waals surface area contributed by atoms with E-state index in [1.807, 2.05) is 0 Å². The molecule has 54 heavy (non-hydrogen) atoms. The first-order chi connectivity index (χ1) is 26.7. The van der Waals surface area contributed by atoms with E-state index >= 15 is 0 Å². The third-order valence-electron chi connectivity index (χ3n) is 12.1. The van der Waals surface area contributed by atoms with Crippen LogP contribution in [0, 0.1) is 0 Å². The van der Waals surface area contributed by atoms with Crippen LogP contribution in [-0.2, 0) is 5.41 Å². The van der Waals surface area contributed by atoms with Gasteiger partial charge in [0.1, 0.15) is 11.5 Å². The molecule has 1 aliphatic carbocycles. The van der Waals surface area contributed by atoms with E-state index in [2.05, 4.69) is 194 Å². The third-order valence-corrected chi connectivity index (χ3v) is 12.1. The Labute approximate surface area is 313 Å². The predicted octanol–water partition coefficient (Wildman–Crippen LogP) is 14.1. The molecule has 0 radical (unpaired) electrons. The lowest BCUT2D eigenvalue weighted by molar-refractivity contribution is 0.447. The zero-order valence-corrected chi connectivity index (χ0v) is 29.4. The van der Waals surface area contributed by atoms with Gasteiger partial charge in [0.2, 0.25) is 0 Å². The standard InChI is InChI=1S/C53H32O/c1-3-13-37-29-39(19-17-33(37)9-1)41-21-25-45-46-26-22-42(40-20-18-34-10-2-4-14-38(34)30-40)32-50(46)53(49(45)31-41)47-27-23-35-11-5-7-15-43(35)51(47)54-52-44-16-8-6-12-36(44)24-28-48(52)53/h1-32H. The van der Waals surface area contributed by atoms with Gasteiger partial charge in [-0.15, -0.1) is 0 Å². The molecule has 0 fully saturated rings. The van der Waals surface area contributed by atoms with Crippen molar-refractivity contribution < 1.29 is 4.74 Å². The summed E-state index contributed by atoms with van der Waals surface area (Å²) in [4.78, 5) is 0. The Kier molecular flexibility index (Phi) is 6.04. The van der Waals surface area contributed by atoms with E-state index in [1.165, 1.54) is 88.0 Å². The molecule has 0 amide bonds. The molecule has 1 nitrogen and oxygen atoms in total. The molecule has 10 aromatic rings. The van der Waals surface area contributed by atoms with E-state index in [0.29, 0.717) is 0 Å². The summed E-state index contributed by atoms with van der Waals surface area (Å²) in [7, 11) is 0. The van der Waals surface area contributed by atoms with Crippen molar-refractivity contribution in [1.82, 2.24) is 0 Å².